The summed E-state index contributed by atoms with van der Waals surface area (Å²) in [4.78, 5) is 58.4. The van der Waals surface area contributed by atoms with Crippen molar-refractivity contribution in [3.8, 4) is 5.75 Å². The van der Waals surface area contributed by atoms with E-state index < -0.39 is 54.3 Å². The summed E-state index contributed by atoms with van der Waals surface area (Å²) in [5.41, 5.74) is 10.7. The van der Waals surface area contributed by atoms with E-state index >= 15 is 0 Å². The van der Waals surface area contributed by atoms with Gasteiger partial charge in [0.25, 0.3) is 5.91 Å². The molecule has 15 nitrogen and oxygen atoms in total. The van der Waals surface area contributed by atoms with Gasteiger partial charge in [0.15, 0.2) is 0 Å². The zero-order valence-electron chi connectivity index (χ0n) is 28.7. The summed E-state index contributed by atoms with van der Waals surface area (Å²) < 4.78 is 101. The number of nitrogens with two attached hydrogens (primary N) is 1. The van der Waals surface area contributed by atoms with Gasteiger partial charge in [-0.05, 0) is 56.3 Å². The molecule has 0 unspecified atom stereocenters. The standard InChI is InChI=1S/C26H31N5O4.3C2HF3O2/c1-17-14-19(21-4-2-3-5-23(21)28-17)16-35-20-8-6-18(7-9-20)25(32)29-24-15-31(13-11-27)12-10-22(24)26(33)30-34;3*3-2(4,5)1(6)7/h2-9,14,22,24,34H,10-13,15-16,27H2,1H3,(H,29,32)(H,30,33);3*(H,6,7)/t22-,24+;;;/m0.../s1. The Morgan fingerprint density at radius 2 is 1.36 bits per heavy atom. The first-order valence-electron chi connectivity index (χ1n) is 15.5. The first-order chi connectivity index (χ1) is 25.8. The maximum atomic E-state index is 12.9. The van der Waals surface area contributed by atoms with Crippen molar-refractivity contribution >= 4 is 40.6 Å². The maximum Gasteiger partial charge on any atom is 0.490 e. The molecule has 3 aromatic rings. The Hall–Kier alpha value is -5.75. The normalized spacial score (nSPS) is 15.6. The van der Waals surface area contributed by atoms with Crippen molar-refractivity contribution < 1.29 is 88.8 Å². The maximum absolute atomic E-state index is 12.9. The fraction of sp³-hybridized carbons (Fsp3) is 0.375. The molecular weight excluding hydrogens is 785 g/mol. The van der Waals surface area contributed by atoms with Gasteiger partial charge in [-0.1, -0.05) is 18.2 Å². The third-order valence-corrected chi connectivity index (χ3v) is 7.07. The number of carbonyl (C=O) groups is 5. The van der Waals surface area contributed by atoms with Crippen LogP contribution in [-0.2, 0) is 25.8 Å². The minimum absolute atomic E-state index is 0.289. The number of halogens is 9. The summed E-state index contributed by atoms with van der Waals surface area (Å²) in [6, 6.07) is 16.4. The second-order valence-corrected chi connectivity index (χ2v) is 11.2. The highest BCUT2D eigenvalue weighted by Gasteiger charge is 2.39. The van der Waals surface area contributed by atoms with Crippen LogP contribution in [0.4, 0.5) is 39.5 Å². The number of hydrogen-bond donors (Lipinski definition) is 7. The zero-order valence-corrected chi connectivity index (χ0v) is 28.7. The van der Waals surface area contributed by atoms with Crippen molar-refractivity contribution in [2.24, 2.45) is 11.7 Å². The van der Waals surface area contributed by atoms with Crippen LogP contribution in [0.5, 0.6) is 5.75 Å². The Morgan fingerprint density at radius 3 is 1.82 bits per heavy atom. The van der Waals surface area contributed by atoms with Crippen molar-refractivity contribution in [2.45, 2.75) is 44.5 Å². The minimum atomic E-state index is -5.08. The summed E-state index contributed by atoms with van der Waals surface area (Å²) in [5, 5.41) is 34.5. The summed E-state index contributed by atoms with van der Waals surface area (Å²) >= 11 is 0. The number of para-hydroxylation sites is 1. The Morgan fingerprint density at radius 1 is 0.857 bits per heavy atom. The minimum Gasteiger partial charge on any atom is -0.489 e. The fourth-order valence-electron chi connectivity index (χ4n) is 4.58. The van der Waals surface area contributed by atoms with E-state index in [1.165, 1.54) is 0 Å². The average Bonchev–Trinajstić information content (AvgIpc) is 3.10. The van der Waals surface area contributed by atoms with Crippen LogP contribution in [0.25, 0.3) is 10.9 Å². The van der Waals surface area contributed by atoms with Crippen molar-refractivity contribution in [1.82, 2.24) is 20.7 Å². The number of aromatic nitrogens is 1. The van der Waals surface area contributed by atoms with Crippen LogP contribution in [0.3, 0.4) is 0 Å². The number of carboxylic acids is 3. The number of nitrogens with one attached hydrogen (secondary N) is 2. The Bertz CT molecular complexity index is 1730. The van der Waals surface area contributed by atoms with Gasteiger partial charge in [0.1, 0.15) is 12.4 Å². The number of rotatable bonds is 8. The lowest BCUT2D eigenvalue weighted by Gasteiger charge is -2.37. The molecule has 1 aliphatic heterocycles. The summed E-state index contributed by atoms with van der Waals surface area (Å²) in [5.74, 6) is -8.93. The van der Waals surface area contributed by atoms with E-state index in [1.54, 1.807) is 29.7 Å². The molecule has 2 heterocycles. The molecular formula is C32H34F9N5O10. The van der Waals surface area contributed by atoms with Crippen LogP contribution >= 0.6 is 0 Å². The highest BCUT2D eigenvalue weighted by molar-refractivity contribution is 5.95. The van der Waals surface area contributed by atoms with Crippen molar-refractivity contribution in [2.75, 3.05) is 26.2 Å². The highest BCUT2D eigenvalue weighted by Crippen LogP contribution is 2.22. The number of benzene rings is 2. The van der Waals surface area contributed by atoms with Gasteiger partial charge < -0.3 is 31.1 Å². The second-order valence-electron chi connectivity index (χ2n) is 11.2. The number of alkyl halides is 9. The SMILES string of the molecule is Cc1cc(COc2ccc(C(=O)N[C@@H]3CN(CCN)CC[C@@H]3C(=O)NO)cc2)c2ccccc2n1.O=C(O)C(F)(F)F.O=C(O)C(F)(F)F.O=C(O)C(F)(F)F. The number of carboxylic acid groups (broad SMARTS) is 3. The molecule has 1 fully saturated rings. The van der Waals surface area contributed by atoms with E-state index in [0.717, 1.165) is 22.2 Å². The quantitative estimate of drug-likeness (QED) is 0.0971. The van der Waals surface area contributed by atoms with E-state index in [1.807, 2.05) is 37.3 Å². The van der Waals surface area contributed by atoms with Gasteiger partial charge in [-0.25, -0.2) is 19.9 Å². The van der Waals surface area contributed by atoms with E-state index in [9.17, 15) is 49.1 Å². The van der Waals surface area contributed by atoms with Gasteiger partial charge in [-0.15, -0.1) is 0 Å². The molecule has 310 valence electrons. The van der Waals surface area contributed by atoms with Gasteiger partial charge >= 0.3 is 36.4 Å². The topological polar surface area (TPSA) is 242 Å². The van der Waals surface area contributed by atoms with Crippen molar-refractivity contribution in [3.05, 3.63) is 71.4 Å². The molecule has 8 N–H and O–H groups in total. The molecule has 24 heteroatoms. The first-order valence-corrected chi connectivity index (χ1v) is 15.5. The van der Waals surface area contributed by atoms with E-state index in [0.29, 0.717) is 50.5 Å². The van der Waals surface area contributed by atoms with Crippen LogP contribution in [0.1, 0.15) is 28.0 Å². The van der Waals surface area contributed by atoms with Crippen LogP contribution in [0, 0.1) is 12.8 Å². The molecule has 2 aromatic carbocycles. The Kier molecular flexibility index (Phi) is 18.4. The van der Waals surface area contributed by atoms with Crippen LogP contribution in [0.15, 0.2) is 54.6 Å². The number of piperidine rings is 1. The van der Waals surface area contributed by atoms with Gasteiger partial charge in [0.2, 0.25) is 5.91 Å². The number of pyridine rings is 1. The monoisotopic (exact) mass is 819 g/mol. The number of aryl methyl sites for hydroxylation is 1. The third-order valence-electron chi connectivity index (χ3n) is 7.07. The molecule has 0 aliphatic carbocycles. The number of ether oxygens (including phenoxy) is 1. The van der Waals surface area contributed by atoms with E-state index in [4.69, 9.17) is 45.4 Å². The largest absolute Gasteiger partial charge is 0.490 e. The number of nitrogens with zero attached hydrogens (tertiary/aromatic N) is 2. The number of carbonyl (C=O) groups excluding carboxylic acids is 2. The number of hydrogen-bond acceptors (Lipinski definition) is 10. The molecule has 0 saturated carbocycles. The number of aliphatic carboxylic acids is 3. The lowest BCUT2D eigenvalue weighted by molar-refractivity contribution is -0.193. The second kappa shape index (κ2) is 21.4. The van der Waals surface area contributed by atoms with Crippen molar-refractivity contribution in [3.63, 3.8) is 0 Å². The Labute approximate surface area is 309 Å². The summed E-state index contributed by atoms with van der Waals surface area (Å²) in [6.45, 7) is 4.68. The van der Waals surface area contributed by atoms with E-state index in [-0.39, 0.29) is 5.91 Å². The first kappa shape index (κ1) is 48.3. The van der Waals surface area contributed by atoms with Crippen molar-refractivity contribution in [1.29, 1.82) is 0 Å². The highest BCUT2D eigenvalue weighted by atomic mass is 19.4. The molecule has 56 heavy (non-hydrogen) atoms. The Balaban J connectivity index is 0.000000610. The molecule has 0 radical (unpaired) electrons. The van der Waals surface area contributed by atoms with Gasteiger partial charge in [0, 0.05) is 41.8 Å². The van der Waals surface area contributed by atoms with Crippen LogP contribution in [0.2, 0.25) is 0 Å². The number of hydroxylamine groups is 1. The van der Waals surface area contributed by atoms with Gasteiger partial charge in [-0.2, -0.15) is 39.5 Å². The van der Waals surface area contributed by atoms with Gasteiger partial charge in [0.05, 0.1) is 17.5 Å². The molecule has 1 saturated heterocycles. The molecule has 0 spiro atoms. The third kappa shape index (κ3) is 16.7. The molecule has 2 atom stereocenters. The predicted molar refractivity (Wildman–Crippen MR) is 173 cm³/mol. The smallest absolute Gasteiger partial charge is 0.489 e. The molecule has 0 bridgehead atoms. The zero-order chi connectivity index (χ0) is 43.0. The molecule has 1 aromatic heterocycles. The number of amides is 2. The van der Waals surface area contributed by atoms with Crippen LogP contribution < -0.4 is 21.3 Å². The predicted octanol–water partition coefficient (Wildman–Crippen LogP) is 3.91. The number of fused-ring (bicyclic) bond motifs is 1. The molecule has 2 amide bonds. The van der Waals surface area contributed by atoms with E-state index in [2.05, 4.69) is 15.2 Å². The lowest BCUT2D eigenvalue weighted by atomic mass is 9.90. The van der Waals surface area contributed by atoms with Crippen LogP contribution in [-0.4, -0.2) is 111 Å². The average molecular weight is 820 g/mol. The van der Waals surface area contributed by atoms with Gasteiger partial charge in [-0.3, -0.25) is 24.7 Å². The summed E-state index contributed by atoms with van der Waals surface area (Å²) in [7, 11) is 0. The number of likely N-dealkylation sites (tertiary alicyclic amines) is 1. The molecule has 4 rings (SSSR count). The fourth-order valence-corrected chi connectivity index (χ4v) is 4.58. The lowest BCUT2D eigenvalue weighted by Crippen LogP contribution is -2.56. The summed E-state index contributed by atoms with van der Waals surface area (Å²) in [6.07, 6.45) is -14.7. The molecule has 1 aliphatic rings.